The van der Waals surface area contributed by atoms with E-state index in [1.165, 1.54) is 6.20 Å². The lowest BCUT2D eigenvalue weighted by Crippen LogP contribution is -2.24. The van der Waals surface area contributed by atoms with Gasteiger partial charge in [0.15, 0.2) is 5.82 Å². The highest BCUT2D eigenvalue weighted by atomic mass is 35.5. The number of alkyl halides is 3. The van der Waals surface area contributed by atoms with Crippen molar-refractivity contribution in [2.45, 2.75) is 32.9 Å². The number of nitrogens with zero attached hydrogens (tertiary/aromatic N) is 3. The minimum atomic E-state index is -4.62. The first-order valence-electron chi connectivity index (χ1n) is 7.99. The molecule has 0 aliphatic rings. The molecule has 0 radical (unpaired) electrons. The Hall–Kier alpha value is -2.24. The number of benzene rings is 1. The molecule has 10 heteroatoms. The fourth-order valence-corrected chi connectivity index (χ4v) is 3.18. The maximum absolute atomic E-state index is 12.9. The zero-order valence-electron chi connectivity index (χ0n) is 14.4. The summed E-state index contributed by atoms with van der Waals surface area (Å²) in [5.74, 6) is -0.631. The molecule has 1 aromatic heterocycles. The van der Waals surface area contributed by atoms with Crippen molar-refractivity contribution in [3.63, 3.8) is 0 Å². The Balaban J connectivity index is 2.57. The second kappa shape index (κ2) is 8.19. The lowest BCUT2D eigenvalue weighted by Gasteiger charge is -2.17. The summed E-state index contributed by atoms with van der Waals surface area (Å²) in [5.41, 5.74) is -1.05. The van der Waals surface area contributed by atoms with Crippen LogP contribution < -0.4 is 5.32 Å². The minimum Gasteiger partial charge on any atom is -0.309 e. The molecule has 0 fully saturated rings. The van der Waals surface area contributed by atoms with Gasteiger partial charge in [0.2, 0.25) is 5.91 Å². The van der Waals surface area contributed by atoms with Crippen LogP contribution in [-0.2, 0) is 11.0 Å². The zero-order chi connectivity index (χ0) is 20.4. The number of halogens is 5. The van der Waals surface area contributed by atoms with E-state index in [4.69, 9.17) is 23.2 Å². The van der Waals surface area contributed by atoms with Gasteiger partial charge in [-0.25, -0.2) is 4.68 Å². The van der Waals surface area contributed by atoms with E-state index in [1.54, 1.807) is 0 Å². The van der Waals surface area contributed by atoms with E-state index in [9.17, 15) is 23.2 Å². The van der Waals surface area contributed by atoms with Crippen LogP contribution in [0.4, 0.5) is 19.0 Å². The highest BCUT2D eigenvalue weighted by molar-refractivity contribution is 6.38. The SMILES string of the molecule is CCC(CC)C(=O)Nc1c(C#N)cnn1-c1c(Cl)cc(C(F)(F)F)cc1Cl. The predicted molar refractivity (Wildman–Crippen MR) is 96.0 cm³/mol. The molecule has 27 heavy (non-hydrogen) atoms. The van der Waals surface area contributed by atoms with E-state index < -0.39 is 11.7 Å². The molecule has 1 amide bonds. The molecule has 1 aromatic carbocycles. The molecule has 2 rings (SSSR count). The summed E-state index contributed by atoms with van der Waals surface area (Å²) >= 11 is 12.0. The summed E-state index contributed by atoms with van der Waals surface area (Å²) in [6.45, 7) is 3.69. The second-order valence-electron chi connectivity index (χ2n) is 5.72. The molecule has 0 unspecified atom stereocenters. The number of carbonyl (C=O) groups excluding carboxylic acids is 1. The lowest BCUT2D eigenvalue weighted by molar-refractivity contribution is -0.137. The van der Waals surface area contributed by atoms with Crippen molar-refractivity contribution in [2.24, 2.45) is 5.92 Å². The number of hydrogen-bond donors (Lipinski definition) is 1. The Kier molecular flexibility index (Phi) is 6.39. The smallest absolute Gasteiger partial charge is 0.309 e. The van der Waals surface area contributed by atoms with Gasteiger partial charge in [-0.05, 0) is 25.0 Å². The average Bonchev–Trinajstić information content (AvgIpc) is 2.97. The molecule has 0 spiro atoms. The number of nitrogens with one attached hydrogen (secondary N) is 1. The third-order valence-corrected chi connectivity index (χ3v) is 4.62. The van der Waals surface area contributed by atoms with E-state index in [2.05, 4.69) is 10.4 Å². The number of rotatable bonds is 5. The van der Waals surface area contributed by atoms with Crippen molar-refractivity contribution >= 4 is 34.9 Å². The number of amides is 1. The van der Waals surface area contributed by atoms with Crippen LogP contribution in [0.5, 0.6) is 0 Å². The summed E-state index contributed by atoms with van der Waals surface area (Å²) in [7, 11) is 0. The van der Waals surface area contributed by atoms with Gasteiger partial charge in [0.05, 0.1) is 21.8 Å². The quantitative estimate of drug-likeness (QED) is 0.701. The van der Waals surface area contributed by atoms with Crippen molar-refractivity contribution in [1.29, 1.82) is 5.26 Å². The molecule has 1 N–H and O–H groups in total. The largest absolute Gasteiger partial charge is 0.416 e. The van der Waals surface area contributed by atoms with Gasteiger partial charge in [-0.1, -0.05) is 37.0 Å². The molecule has 0 saturated heterocycles. The van der Waals surface area contributed by atoms with Gasteiger partial charge in [0.1, 0.15) is 17.3 Å². The number of hydrogen-bond acceptors (Lipinski definition) is 3. The van der Waals surface area contributed by atoms with Crippen LogP contribution >= 0.6 is 23.2 Å². The Bertz CT molecular complexity index is 876. The van der Waals surface area contributed by atoms with Gasteiger partial charge < -0.3 is 5.32 Å². The minimum absolute atomic E-state index is 0.00189. The Morgan fingerprint density at radius 2 is 1.85 bits per heavy atom. The van der Waals surface area contributed by atoms with E-state index in [0.29, 0.717) is 25.0 Å². The van der Waals surface area contributed by atoms with Crippen LogP contribution in [0.1, 0.15) is 37.8 Å². The molecule has 0 atom stereocenters. The second-order valence-corrected chi connectivity index (χ2v) is 6.53. The Morgan fingerprint density at radius 3 is 2.30 bits per heavy atom. The van der Waals surface area contributed by atoms with E-state index in [-0.39, 0.29) is 38.9 Å². The Labute approximate surface area is 163 Å². The molecule has 144 valence electrons. The van der Waals surface area contributed by atoms with Gasteiger partial charge in [-0.2, -0.15) is 23.5 Å². The maximum Gasteiger partial charge on any atom is 0.416 e. The lowest BCUT2D eigenvalue weighted by atomic mass is 10.0. The van der Waals surface area contributed by atoms with Crippen LogP contribution in [0.3, 0.4) is 0 Å². The summed E-state index contributed by atoms with van der Waals surface area (Å²) in [6.07, 6.45) is -2.28. The summed E-state index contributed by atoms with van der Waals surface area (Å²) in [6, 6.07) is 3.30. The molecule has 1 heterocycles. The third kappa shape index (κ3) is 4.37. The van der Waals surface area contributed by atoms with Gasteiger partial charge in [0, 0.05) is 5.92 Å². The topological polar surface area (TPSA) is 70.7 Å². The highest BCUT2D eigenvalue weighted by Crippen LogP contribution is 2.38. The first-order valence-corrected chi connectivity index (χ1v) is 8.75. The van der Waals surface area contributed by atoms with Gasteiger partial charge in [-0.3, -0.25) is 4.79 Å². The molecule has 5 nitrogen and oxygen atoms in total. The molecule has 0 bridgehead atoms. The fraction of sp³-hybridized carbons (Fsp3) is 0.353. The first kappa shape index (κ1) is 21.1. The normalized spacial score (nSPS) is 11.5. The summed E-state index contributed by atoms with van der Waals surface area (Å²) < 4.78 is 39.8. The summed E-state index contributed by atoms with van der Waals surface area (Å²) in [5, 5.41) is 15.2. The monoisotopic (exact) mass is 418 g/mol. The van der Waals surface area contributed by atoms with Gasteiger partial charge in [0.25, 0.3) is 0 Å². The van der Waals surface area contributed by atoms with Crippen molar-refractivity contribution in [3.8, 4) is 11.8 Å². The Morgan fingerprint density at radius 1 is 1.30 bits per heavy atom. The highest BCUT2D eigenvalue weighted by Gasteiger charge is 2.33. The first-order chi connectivity index (χ1) is 12.6. The molecule has 2 aromatic rings. The summed E-state index contributed by atoms with van der Waals surface area (Å²) in [4.78, 5) is 12.4. The predicted octanol–water partition coefficient (Wildman–Crippen LogP) is 5.44. The van der Waals surface area contributed by atoms with Crippen molar-refractivity contribution in [2.75, 3.05) is 5.32 Å². The van der Waals surface area contributed by atoms with Crippen LogP contribution in [0.2, 0.25) is 10.0 Å². The number of carbonyl (C=O) groups is 1. The van der Waals surface area contributed by atoms with Crippen LogP contribution in [0.25, 0.3) is 5.69 Å². The fourth-order valence-electron chi connectivity index (χ4n) is 2.53. The van der Waals surface area contributed by atoms with E-state index in [1.807, 2.05) is 19.9 Å². The van der Waals surface area contributed by atoms with Crippen molar-refractivity contribution < 1.29 is 18.0 Å². The van der Waals surface area contributed by atoms with Crippen LogP contribution in [0, 0.1) is 17.2 Å². The zero-order valence-corrected chi connectivity index (χ0v) is 15.9. The van der Waals surface area contributed by atoms with E-state index in [0.717, 1.165) is 4.68 Å². The molecule has 0 aliphatic carbocycles. The maximum atomic E-state index is 12.9. The number of nitriles is 1. The average molecular weight is 419 g/mol. The molecular formula is C17H15Cl2F3N4O. The van der Waals surface area contributed by atoms with Gasteiger partial charge >= 0.3 is 6.18 Å². The molecule has 0 saturated carbocycles. The van der Waals surface area contributed by atoms with E-state index >= 15 is 0 Å². The number of aromatic nitrogens is 2. The standard InChI is InChI=1S/C17H15Cl2F3N4O/c1-3-9(4-2)16(27)25-15-10(7-23)8-24-26(15)14-12(18)5-11(6-13(14)19)17(20,21)22/h5-6,8-9H,3-4H2,1-2H3,(H,25,27). The number of anilines is 1. The van der Waals surface area contributed by atoms with Crippen LogP contribution in [-0.4, -0.2) is 15.7 Å². The molecule has 0 aliphatic heterocycles. The van der Waals surface area contributed by atoms with Crippen molar-refractivity contribution in [1.82, 2.24) is 9.78 Å². The van der Waals surface area contributed by atoms with Gasteiger partial charge in [-0.15, -0.1) is 0 Å². The van der Waals surface area contributed by atoms with Crippen LogP contribution in [0.15, 0.2) is 18.3 Å². The van der Waals surface area contributed by atoms with Crippen molar-refractivity contribution in [3.05, 3.63) is 39.5 Å². The molecular weight excluding hydrogens is 404 g/mol. The third-order valence-electron chi connectivity index (χ3n) is 4.04.